The van der Waals surface area contributed by atoms with Crippen LogP contribution in [0, 0.1) is 0 Å². The lowest BCUT2D eigenvalue weighted by atomic mass is 9.96. The summed E-state index contributed by atoms with van der Waals surface area (Å²) >= 11 is 0. The number of imide groups is 1. The summed E-state index contributed by atoms with van der Waals surface area (Å²) in [4.78, 5) is 40.5. The average Bonchev–Trinajstić information content (AvgIpc) is 3.46. The van der Waals surface area contributed by atoms with E-state index >= 15 is 0 Å². The molecule has 8 heteroatoms. The van der Waals surface area contributed by atoms with Crippen LogP contribution in [-0.4, -0.2) is 78.5 Å². The van der Waals surface area contributed by atoms with Crippen molar-refractivity contribution in [1.29, 1.82) is 0 Å². The second-order valence-corrected chi connectivity index (χ2v) is 8.13. The Balaban J connectivity index is 1.34. The van der Waals surface area contributed by atoms with Gasteiger partial charge in [-0.05, 0) is 32.6 Å². The predicted molar refractivity (Wildman–Crippen MR) is 102 cm³/mol. The largest absolute Gasteiger partial charge is 0.352 e. The zero-order valence-corrected chi connectivity index (χ0v) is 16.3. The number of amides is 4. The van der Waals surface area contributed by atoms with Crippen LogP contribution in [0.25, 0.3) is 0 Å². The van der Waals surface area contributed by atoms with Crippen LogP contribution in [0.1, 0.15) is 51.9 Å². The van der Waals surface area contributed by atoms with Crippen molar-refractivity contribution in [2.75, 3.05) is 32.7 Å². The molecule has 152 valence electrons. The first-order valence-corrected chi connectivity index (χ1v) is 10.4. The normalized spacial score (nSPS) is 23.4. The van der Waals surface area contributed by atoms with E-state index in [1.54, 1.807) is 0 Å². The molecule has 0 aromatic heterocycles. The molecule has 3 N–H and O–H groups in total. The van der Waals surface area contributed by atoms with Crippen LogP contribution < -0.4 is 16.0 Å². The Kier molecular flexibility index (Phi) is 7.07. The van der Waals surface area contributed by atoms with Gasteiger partial charge in [0.1, 0.15) is 0 Å². The third-order valence-corrected chi connectivity index (χ3v) is 5.82. The van der Waals surface area contributed by atoms with E-state index in [-0.39, 0.29) is 29.9 Å². The van der Waals surface area contributed by atoms with Gasteiger partial charge in [-0.2, -0.15) is 0 Å². The zero-order valence-electron chi connectivity index (χ0n) is 16.3. The maximum atomic E-state index is 12.4. The number of nitrogens with one attached hydrogen (secondary N) is 3. The SMILES string of the molecule is C[C@@H](C(=O)NC(=O)NC1CCCCC1)N1CCN(CC(=O)NC2CC2)CC1. The van der Waals surface area contributed by atoms with Gasteiger partial charge in [0.2, 0.25) is 11.8 Å². The molecule has 1 saturated heterocycles. The minimum absolute atomic E-state index is 0.0936. The molecular formula is C19H33N5O3. The van der Waals surface area contributed by atoms with Crippen molar-refractivity contribution in [3.63, 3.8) is 0 Å². The Labute approximate surface area is 161 Å². The maximum Gasteiger partial charge on any atom is 0.321 e. The highest BCUT2D eigenvalue weighted by Gasteiger charge is 2.29. The quantitative estimate of drug-likeness (QED) is 0.622. The number of hydrogen-bond acceptors (Lipinski definition) is 5. The van der Waals surface area contributed by atoms with Crippen LogP contribution in [-0.2, 0) is 9.59 Å². The minimum atomic E-state index is -0.380. The molecule has 0 spiro atoms. The fraction of sp³-hybridized carbons (Fsp3) is 0.842. The number of rotatable bonds is 6. The van der Waals surface area contributed by atoms with Gasteiger partial charge in [0.25, 0.3) is 0 Å². The van der Waals surface area contributed by atoms with Crippen LogP contribution in [0.2, 0.25) is 0 Å². The average molecular weight is 380 g/mol. The number of hydrogen-bond donors (Lipinski definition) is 3. The molecule has 0 aromatic carbocycles. The third-order valence-electron chi connectivity index (χ3n) is 5.82. The summed E-state index contributed by atoms with van der Waals surface area (Å²) in [6.45, 7) is 5.20. The molecule has 8 nitrogen and oxygen atoms in total. The van der Waals surface area contributed by atoms with Crippen LogP contribution in [0.4, 0.5) is 4.79 Å². The zero-order chi connectivity index (χ0) is 19.2. The molecule has 1 atom stereocenters. The Bertz CT molecular complexity index is 537. The van der Waals surface area contributed by atoms with E-state index in [1.165, 1.54) is 6.42 Å². The summed E-state index contributed by atoms with van der Waals surface area (Å²) in [6, 6.07) is -0.159. The first-order valence-electron chi connectivity index (χ1n) is 10.4. The first-order chi connectivity index (χ1) is 13.0. The number of nitrogens with zero attached hydrogens (tertiary/aromatic N) is 2. The predicted octanol–water partition coefficient (Wildman–Crippen LogP) is 0.430. The van der Waals surface area contributed by atoms with Gasteiger partial charge in [-0.1, -0.05) is 19.3 Å². The van der Waals surface area contributed by atoms with E-state index in [0.717, 1.165) is 64.7 Å². The number of piperazine rings is 1. The molecule has 27 heavy (non-hydrogen) atoms. The summed E-state index contributed by atoms with van der Waals surface area (Å²) in [7, 11) is 0. The van der Waals surface area contributed by atoms with Gasteiger partial charge in [0.15, 0.2) is 0 Å². The molecule has 0 radical (unpaired) electrons. The van der Waals surface area contributed by atoms with Gasteiger partial charge in [-0.25, -0.2) is 4.79 Å². The van der Waals surface area contributed by atoms with Gasteiger partial charge >= 0.3 is 6.03 Å². The summed E-state index contributed by atoms with van der Waals surface area (Å²) in [5.41, 5.74) is 0. The van der Waals surface area contributed by atoms with Gasteiger partial charge in [0.05, 0.1) is 12.6 Å². The van der Waals surface area contributed by atoms with Crippen molar-refractivity contribution in [3.8, 4) is 0 Å². The minimum Gasteiger partial charge on any atom is -0.352 e. The highest BCUT2D eigenvalue weighted by molar-refractivity contribution is 5.96. The Morgan fingerprint density at radius 3 is 2.15 bits per heavy atom. The molecule has 2 aliphatic carbocycles. The van der Waals surface area contributed by atoms with Crippen molar-refractivity contribution < 1.29 is 14.4 Å². The van der Waals surface area contributed by atoms with Crippen molar-refractivity contribution >= 4 is 17.8 Å². The fourth-order valence-corrected chi connectivity index (χ4v) is 3.86. The number of carbonyl (C=O) groups excluding carboxylic acids is 3. The van der Waals surface area contributed by atoms with Crippen LogP contribution in [0.15, 0.2) is 0 Å². The molecule has 1 heterocycles. The van der Waals surface area contributed by atoms with E-state index < -0.39 is 0 Å². The molecule has 0 bridgehead atoms. The number of urea groups is 1. The second-order valence-electron chi connectivity index (χ2n) is 8.13. The standard InChI is InChI=1S/C19H33N5O3/c1-14(18(26)22-19(27)21-15-5-3-2-4-6-15)24-11-9-23(10-12-24)13-17(25)20-16-7-8-16/h14-16H,2-13H2,1H3,(H,20,25)(H2,21,22,26,27)/t14-/m0/s1. The van der Waals surface area contributed by atoms with E-state index in [9.17, 15) is 14.4 Å². The fourth-order valence-electron chi connectivity index (χ4n) is 3.86. The van der Waals surface area contributed by atoms with E-state index in [0.29, 0.717) is 12.6 Å². The Hall–Kier alpha value is -1.67. The molecule has 3 fully saturated rings. The summed E-state index contributed by atoms with van der Waals surface area (Å²) < 4.78 is 0. The van der Waals surface area contributed by atoms with Gasteiger partial charge in [-0.15, -0.1) is 0 Å². The maximum absolute atomic E-state index is 12.4. The van der Waals surface area contributed by atoms with Gasteiger partial charge in [0, 0.05) is 38.3 Å². The molecular weight excluding hydrogens is 346 g/mol. The first kappa shape index (κ1) is 20.1. The monoisotopic (exact) mass is 379 g/mol. The van der Waals surface area contributed by atoms with Crippen molar-refractivity contribution in [3.05, 3.63) is 0 Å². The van der Waals surface area contributed by atoms with Crippen molar-refractivity contribution in [2.24, 2.45) is 0 Å². The summed E-state index contributed by atoms with van der Waals surface area (Å²) in [6.07, 6.45) is 7.68. The molecule has 1 aliphatic heterocycles. The molecule has 0 unspecified atom stereocenters. The molecule has 3 aliphatic rings. The van der Waals surface area contributed by atoms with E-state index in [2.05, 4.69) is 25.8 Å². The molecule has 0 aromatic rings. The highest BCUT2D eigenvalue weighted by atomic mass is 16.2. The van der Waals surface area contributed by atoms with E-state index in [4.69, 9.17) is 0 Å². The van der Waals surface area contributed by atoms with Crippen LogP contribution in [0.3, 0.4) is 0 Å². The lowest BCUT2D eigenvalue weighted by Gasteiger charge is -2.37. The number of carbonyl (C=O) groups is 3. The Morgan fingerprint density at radius 2 is 1.52 bits per heavy atom. The van der Waals surface area contributed by atoms with Gasteiger partial charge < -0.3 is 10.6 Å². The van der Waals surface area contributed by atoms with Crippen LogP contribution >= 0.6 is 0 Å². The van der Waals surface area contributed by atoms with Gasteiger partial charge in [-0.3, -0.25) is 24.7 Å². The summed E-state index contributed by atoms with van der Waals surface area (Å²) in [5, 5.41) is 8.41. The van der Waals surface area contributed by atoms with Crippen molar-refractivity contribution in [2.45, 2.75) is 70.0 Å². The summed E-state index contributed by atoms with van der Waals surface area (Å²) in [5.74, 6) is -0.167. The van der Waals surface area contributed by atoms with E-state index in [1.807, 2.05) is 6.92 Å². The smallest absolute Gasteiger partial charge is 0.321 e. The lowest BCUT2D eigenvalue weighted by molar-refractivity contribution is -0.127. The Morgan fingerprint density at radius 1 is 0.889 bits per heavy atom. The molecule has 4 amide bonds. The molecule has 3 rings (SSSR count). The molecule has 2 saturated carbocycles. The topological polar surface area (TPSA) is 93.8 Å². The second kappa shape index (κ2) is 9.50. The third kappa shape index (κ3) is 6.46. The van der Waals surface area contributed by atoms with Crippen molar-refractivity contribution in [1.82, 2.24) is 25.8 Å². The highest BCUT2D eigenvalue weighted by Crippen LogP contribution is 2.18. The lowest BCUT2D eigenvalue weighted by Crippen LogP contribution is -2.56. The van der Waals surface area contributed by atoms with Crippen LogP contribution in [0.5, 0.6) is 0 Å².